The van der Waals surface area contributed by atoms with Crippen LogP contribution in [0.3, 0.4) is 0 Å². The van der Waals surface area contributed by atoms with E-state index in [1.54, 1.807) is 13.8 Å². The summed E-state index contributed by atoms with van der Waals surface area (Å²) in [4.78, 5) is 18.5. The second kappa shape index (κ2) is 8.81. The van der Waals surface area contributed by atoms with E-state index in [2.05, 4.69) is 5.32 Å². The number of benzene rings is 3. The molecule has 0 saturated heterocycles. The van der Waals surface area contributed by atoms with E-state index in [9.17, 15) is 9.90 Å². The molecule has 1 amide bonds. The van der Waals surface area contributed by atoms with Crippen LogP contribution in [0.25, 0.3) is 22.6 Å². The third kappa shape index (κ3) is 4.34. The van der Waals surface area contributed by atoms with E-state index in [4.69, 9.17) is 4.98 Å². The second-order valence-corrected chi connectivity index (χ2v) is 8.39. The maximum atomic E-state index is 13.7. The summed E-state index contributed by atoms with van der Waals surface area (Å²) in [5.74, 6) is 0.408. The molecule has 162 valence electrons. The average Bonchev–Trinajstić information content (AvgIpc) is 3.15. The van der Waals surface area contributed by atoms with E-state index in [-0.39, 0.29) is 5.91 Å². The van der Waals surface area contributed by atoms with Crippen molar-refractivity contribution in [1.29, 1.82) is 0 Å². The zero-order valence-electron chi connectivity index (χ0n) is 18.5. The van der Waals surface area contributed by atoms with Crippen LogP contribution in [0.4, 0.5) is 0 Å². The minimum atomic E-state index is -1.16. The van der Waals surface area contributed by atoms with Gasteiger partial charge in [-0.25, -0.2) is 4.98 Å². The smallest absolute Gasteiger partial charge is 0.270 e. The first-order valence-corrected chi connectivity index (χ1v) is 10.6. The zero-order chi connectivity index (χ0) is 22.7. The molecule has 3 aromatic carbocycles. The molecule has 0 spiro atoms. The summed E-state index contributed by atoms with van der Waals surface area (Å²) in [6.45, 7) is 3.39. The van der Waals surface area contributed by atoms with Crippen LogP contribution in [0, 0.1) is 0 Å². The fourth-order valence-electron chi connectivity index (χ4n) is 3.91. The van der Waals surface area contributed by atoms with E-state index in [1.165, 1.54) is 0 Å². The summed E-state index contributed by atoms with van der Waals surface area (Å²) in [5.41, 5.74) is 2.50. The van der Waals surface area contributed by atoms with Gasteiger partial charge in [-0.3, -0.25) is 4.79 Å². The molecule has 0 aliphatic carbocycles. The van der Waals surface area contributed by atoms with Gasteiger partial charge in [0.25, 0.3) is 5.91 Å². The maximum Gasteiger partial charge on any atom is 0.270 e. The lowest BCUT2D eigenvalue weighted by Gasteiger charge is -2.30. The van der Waals surface area contributed by atoms with Crippen LogP contribution in [0.2, 0.25) is 0 Å². The highest BCUT2D eigenvalue weighted by Crippen LogP contribution is 2.31. The summed E-state index contributed by atoms with van der Waals surface area (Å²) in [6, 6.07) is 28.4. The molecule has 2 N–H and O–H groups in total. The third-order valence-electron chi connectivity index (χ3n) is 5.50. The molecule has 0 aliphatic heterocycles. The lowest BCUT2D eigenvalue weighted by Crippen LogP contribution is -2.42. The van der Waals surface area contributed by atoms with E-state index >= 15 is 0 Å². The lowest BCUT2D eigenvalue weighted by atomic mass is 9.91. The Morgan fingerprint density at radius 2 is 1.38 bits per heavy atom. The molecule has 0 fully saturated rings. The highest BCUT2D eigenvalue weighted by atomic mass is 16.3. The van der Waals surface area contributed by atoms with Gasteiger partial charge >= 0.3 is 0 Å². The van der Waals surface area contributed by atoms with Gasteiger partial charge in [0.1, 0.15) is 17.2 Å². The molecule has 1 atom stereocenters. The minimum Gasteiger partial charge on any atom is -0.388 e. The van der Waals surface area contributed by atoms with Gasteiger partial charge in [-0.15, -0.1) is 0 Å². The van der Waals surface area contributed by atoms with Gasteiger partial charge in [0.05, 0.1) is 11.6 Å². The Kier molecular flexibility index (Phi) is 5.93. The molecule has 1 unspecified atom stereocenters. The molecule has 1 heterocycles. The number of amides is 1. The van der Waals surface area contributed by atoms with Gasteiger partial charge in [-0.2, -0.15) is 0 Å². The number of carbonyl (C=O) groups excluding carboxylic acids is 1. The number of imidazole rings is 1. The van der Waals surface area contributed by atoms with Crippen molar-refractivity contribution in [2.24, 2.45) is 7.05 Å². The van der Waals surface area contributed by atoms with Crippen molar-refractivity contribution in [2.75, 3.05) is 0 Å². The number of hydrogen-bond acceptors (Lipinski definition) is 3. The maximum absolute atomic E-state index is 13.7. The van der Waals surface area contributed by atoms with Gasteiger partial charge < -0.3 is 15.0 Å². The van der Waals surface area contributed by atoms with Gasteiger partial charge in [0, 0.05) is 18.2 Å². The molecule has 0 saturated carbocycles. The predicted octanol–water partition coefficient (Wildman–Crippen LogP) is 5.00. The Bertz CT molecular complexity index is 1190. The van der Waals surface area contributed by atoms with E-state index in [0.717, 1.165) is 16.7 Å². The number of aliphatic hydroxyl groups is 1. The molecule has 32 heavy (non-hydrogen) atoms. The minimum absolute atomic E-state index is 0.294. The summed E-state index contributed by atoms with van der Waals surface area (Å²) < 4.78 is 1.82. The van der Waals surface area contributed by atoms with Crippen molar-refractivity contribution in [3.05, 3.63) is 102 Å². The van der Waals surface area contributed by atoms with Crippen molar-refractivity contribution in [1.82, 2.24) is 14.9 Å². The number of rotatable bonds is 6. The molecule has 1 aromatic heterocycles. The fraction of sp³-hybridized carbons (Fsp3) is 0.185. The Hall–Kier alpha value is -3.70. The van der Waals surface area contributed by atoms with Crippen LogP contribution < -0.4 is 5.32 Å². The quantitative estimate of drug-likeness (QED) is 0.457. The van der Waals surface area contributed by atoms with Gasteiger partial charge in [0.2, 0.25) is 0 Å². The monoisotopic (exact) mass is 425 g/mol. The Labute approximate surface area is 188 Å². The van der Waals surface area contributed by atoms with Crippen LogP contribution in [0.5, 0.6) is 0 Å². The van der Waals surface area contributed by atoms with Crippen molar-refractivity contribution < 1.29 is 9.90 Å². The van der Waals surface area contributed by atoms with Crippen LogP contribution >= 0.6 is 0 Å². The van der Waals surface area contributed by atoms with E-state index in [0.29, 0.717) is 17.2 Å². The lowest BCUT2D eigenvalue weighted by molar-refractivity contribution is 0.0342. The van der Waals surface area contributed by atoms with Gasteiger partial charge in [-0.1, -0.05) is 91.0 Å². The Morgan fingerprint density at radius 3 is 1.91 bits per heavy atom. The summed E-state index contributed by atoms with van der Waals surface area (Å²) >= 11 is 0. The van der Waals surface area contributed by atoms with Crippen molar-refractivity contribution in [3.8, 4) is 22.6 Å². The Balaban J connectivity index is 1.81. The predicted molar refractivity (Wildman–Crippen MR) is 127 cm³/mol. The summed E-state index contributed by atoms with van der Waals surface area (Å²) in [7, 11) is 1.85. The topological polar surface area (TPSA) is 67.2 Å². The van der Waals surface area contributed by atoms with E-state index < -0.39 is 11.6 Å². The largest absolute Gasteiger partial charge is 0.388 e. The zero-order valence-corrected chi connectivity index (χ0v) is 18.5. The molecule has 0 bridgehead atoms. The van der Waals surface area contributed by atoms with Crippen molar-refractivity contribution in [3.63, 3.8) is 0 Å². The molecule has 4 aromatic rings. The molecule has 4 rings (SSSR count). The first kappa shape index (κ1) is 21.5. The highest BCUT2D eigenvalue weighted by Gasteiger charge is 2.32. The SMILES string of the molecule is Cn1c(-c2ccccc2)nc(-c2ccccc2)c1C(=O)NC(c1ccccc1)C(C)(C)O. The van der Waals surface area contributed by atoms with Crippen LogP contribution in [-0.4, -0.2) is 26.2 Å². The van der Waals surface area contributed by atoms with Crippen molar-refractivity contribution in [2.45, 2.75) is 25.5 Å². The van der Waals surface area contributed by atoms with E-state index in [1.807, 2.05) is 103 Å². The van der Waals surface area contributed by atoms with Gasteiger partial charge in [0.15, 0.2) is 0 Å². The third-order valence-corrected chi connectivity index (χ3v) is 5.50. The van der Waals surface area contributed by atoms with Crippen LogP contribution in [0.1, 0.15) is 35.9 Å². The number of aromatic nitrogens is 2. The average molecular weight is 426 g/mol. The van der Waals surface area contributed by atoms with Gasteiger partial charge in [-0.05, 0) is 19.4 Å². The van der Waals surface area contributed by atoms with Crippen LogP contribution in [-0.2, 0) is 7.05 Å². The normalized spacial score (nSPS) is 12.4. The molecule has 5 nitrogen and oxygen atoms in total. The second-order valence-electron chi connectivity index (χ2n) is 8.39. The molecule has 0 aliphatic rings. The molecular weight excluding hydrogens is 398 g/mol. The summed E-state index contributed by atoms with van der Waals surface area (Å²) in [5, 5.41) is 13.9. The standard InChI is InChI=1S/C27H27N3O2/c1-27(2,32)24(20-15-9-5-10-16-20)29-26(31)23-22(19-13-7-4-8-14-19)28-25(30(23)3)21-17-11-6-12-18-21/h4-18,24,32H,1-3H3,(H,29,31). The number of carbonyl (C=O) groups is 1. The fourth-order valence-corrected chi connectivity index (χ4v) is 3.91. The first-order chi connectivity index (χ1) is 15.4. The Morgan fingerprint density at radius 1 is 0.875 bits per heavy atom. The molecule has 5 heteroatoms. The molecular formula is C27H27N3O2. The summed E-state index contributed by atoms with van der Waals surface area (Å²) in [6.07, 6.45) is 0. The number of hydrogen-bond donors (Lipinski definition) is 2. The number of nitrogens with zero attached hydrogens (tertiary/aromatic N) is 2. The highest BCUT2D eigenvalue weighted by molar-refractivity contribution is 5.99. The first-order valence-electron chi connectivity index (χ1n) is 10.6. The molecule has 0 radical (unpaired) electrons. The number of nitrogens with one attached hydrogen (secondary N) is 1. The van der Waals surface area contributed by atoms with Crippen LogP contribution in [0.15, 0.2) is 91.0 Å². The van der Waals surface area contributed by atoms with Crippen molar-refractivity contribution >= 4 is 5.91 Å².